The second kappa shape index (κ2) is 21.8. The number of nitro groups is 1. The summed E-state index contributed by atoms with van der Waals surface area (Å²) in [4.78, 5) is 57.6. The number of hydrazone groups is 2. The number of nitrogens with two attached hydrogens (primary N) is 1. The Labute approximate surface area is 422 Å². The summed E-state index contributed by atoms with van der Waals surface area (Å²) in [6.07, 6.45) is 4.24. The van der Waals surface area contributed by atoms with Crippen LogP contribution in [0.4, 0.5) is 34.1 Å². The number of non-ortho nitro benzene ring substituents is 1. The van der Waals surface area contributed by atoms with Crippen molar-refractivity contribution < 1.29 is 145 Å². The van der Waals surface area contributed by atoms with E-state index in [0.717, 1.165) is 30.4 Å². The number of aliphatic carboxylic acids is 1. The van der Waals surface area contributed by atoms with Gasteiger partial charge in [0.1, 0.15) is 33.0 Å². The van der Waals surface area contributed by atoms with Gasteiger partial charge in [-0.15, -0.1) is 10.2 Å². The third-order valence-electron chi connectivity index (χ3n) is 8.67. The van der Waals surface area contributed by atoms with Crippen LogP contribution in [0.3, 0.4) is 0 Å². The van der Waals surface area contributed by atoms with Crippen LogP contribution in [0, 0.1) is 10.1 Å². The van der Waals surface area contributed by atoms with E-state index in [1.807, 2.05) is 0 Å². The van der Waals surface area contributed by atoms with E-state index in [-0.39, 0.29) is 128 Å². The topological polar surface area (TPSA) is 333 Å². The molecule has 0 atom stereocenters. The normalized spacial score (nSPS) is 14.3. The second-order valence-electron chi connectivity index (χ2n) is 12.3. The predicted molar refractivity (Wildman–Crippen MR) is 209 cm³/mol. The Kier molecular flexibility index (Phi) is 18.0. The van der Waals surface area contributed by atoms with Gasteiger partial charge >= 0.3 is 88.7 Å². The van der Waals surface area contributed by atoms with Crippen molar-refractivity contribution in [3.63, 3.8) is 0 Å². The molecule has 0 amide bonds. The molecule has 0 bridgehead atoms. The van der Waals surface area contributed by atoms with Crippen molar-refractivity contribution in [1.29, 1.82) is 0 Å². The van der Waals surface area contributed by atoms with Crippen molar-refractivity contribution in [2.75, 3.05) is 30.8 Å². The van der Waals surface area contributed by atoms with E-state index in [1.54, 1.807) is 30.3 Å². The van der Waals surface area contributed by atoms with Gasteiger partial charge in [0.15, 0.2) is 5.78 Å². The predicted octanol–water partition coefficient (Wildman–Crippen LogP) is -6.21. The summed E-state index contributed by atoms with van der Waals surface area (Å²) >= 11 is 0. The molecule has 0 saturated heterocycles. The van der Waals surface area contributed by atoms with E-state index in [2.05, 4.69) is 31.3 Å². The van der Waals surface area contributed by atoms with Gasteiger partial charge in [-0.3, -0.25) is 30.6 Å². The number of Topliss-reactive ketones (excluding diaryl/α,β-unsaturated/α-hetero) is 1. The first-order valence-electron chi connectivity index (χ1n) is 16.8. The minimum absolute atomic E-state index is 0. The number of nitrogens with zero attached hydrogens (tertiary/aromatic N) is 5. The van der Waals surface area contributed by atoms with Gasteiger partial charge in [0.2, 0.25) is 5.78 Å². The molecule has 4 aromatic carbocycles. The molecule has 304 valence electrons. The third kappa shape index (κ3) is 11.6. The SMILES string of the molecule is COc1cc(-c2ccc(N/N=C3/C(=O)c4ccc(N)c(N=Nc5ccc([N+](=O)[O-])cc5C(=O)[O-])c4C=C3S(=O)(=O)[O-])c(OC)c2)ccc1N/N=C1/C=CC(=O)C(C(=O)[O-])=C1.[Na+].[Na+].[Na+]. The molecule has 2 aliphatic carbocycles. The van der Waals surface area contributed by atoms with Gasteiger partial charge in [0.25, 0.3) is 5.69 Å². The van der Waals surface area contributed by atoms with Crippen LogP contribution in [-0.2, 0) is 19.7 Å². The first-order valence-corrected chi connectivity index (χ1v) is 18.2. The van der Waals surface area contributed by atoms with E-state index >= 15 is 0 Å². The van der Waals surface area contributed by atoms with Gasteiger partial charge in [-0.2, -0.15) is 10.2 Å². The fourth-order valence-electron chi connectivity index (χ4n) is 5.72. The van der Waals surface area contributed by atoms with Gasteiger partial charge in [-0.25, -0.2) is 8.42 Å². The zero-order valence-corrected chi connectivity index (χ0v) is 40.5. The molecule has 0 heterocycles. The maximum absolute atomic E-state index is 13.8. The molecule has 0 fully saturated rings. The summed E-state index contributed by atoms with van der Waals surface area (Å²) in [5, 5.41) is 49.8. The zero-order chi connectivity index (χ0) is 43.5. The number of rotatable bonds is 13. The number of ketones is 2. The Hall–Kier alpha value is -5.37. The largest absolute Gasteiger partial charge is 1.00 e. The van der Waals surface area contributed by atoms with Crippen molar-refractivity contribution in [2.45, 2.75) is 0 Å². The number of nitrogen functional groups attached to an aromatic ring is 1. The van der Waals surface area contributed by atoms with Gasteiger partial charge in [0, 0.05) is 34.4 Å². The van der Waals surface area contributed by atoms with Crippen LogP contribution in [-0.4, -0.2) is 67.0 Å². The number of hydrogen-bond donors (Lipinski definition) is 3. The number of nitrogens with one attached hydrogen (secondary N) is 2. The fourth-order valence-corrected chi connectivity index (χ4v) is 6.36. The minimum atomic E-state index is -5.42. The molecule has 6 rings (SSSR count). The average Bonchev–Trinajstić information content (AvgIpc) is 3.21. The number of benzene rings is 4. The quantitative estimate of drug-likeness (QED) is 0.0164. The molecule has 0 unspecified atom stereocenters. The maximum atomic E-state index is 13.8. The van der Waals surface area contributed by atoms with E-state index in [0.29, 0.717) is 28.6 Å². The number of carbonyl (C=O) groups is 4. The van der Waals surface area contributed by atoms with Crippen LogP contribution >= 0.6 is 0 Å². The van der Waals surface area contributed by atoms with Gasteiger partial charge in [-0.05, 0) is 77.9 Å². The molecule has 0 radical (unpaired) electrons. The van der Waals surface area contributed by atoms with Crippen LogP contribution in [0.1, 0.15) is 26.3 Å². The number of azo groups is 1. The average molecular weight is 903 g/mol. The van der Waals surface area contributed by atoms with Crippen LogP contribution < -0.4 is 125 Å². The Morgan fingerprint density at radius 3 is 1.92 bits per heavy atom. The summed E-state index contributed by atoms with van der Waals surface area (Å²) in [5.41, 5.74) is 9.27. The Bertz CT molecular complexity index is 2880. The van der Waals surface area contributed by atoms with Crippen molar-refractivity contribution in [1.82, 2.24) is 0 Å². The number of anilines is 3. The molecular formula is C38H25N8Na3O13S. The van der Waals surface area contributed by atoms with Crippen molar-refractivity contribution in [2.24, 2.45) is 20.4 Å². The number of ether oxygens (including phenoxy) is 2. The number of allylic oxidation sites excluding steroid dienone is 4. The minimum Gasteiger partial charge on any atom is -0.744 e. The third-order valence-corrected chi connectivity index (χ3v) is 9.52. The second-order valence-corrected chi connectivity index (χ2v) is 13.6. The van der Waals surface area contributed by atoms with Crippen LogP contribution in [0.2, 0.25) is 0 Å². The molecular weight excluding hydrogens is 877 g/mol. The number of methoxy groups -OCH3 is 2. The van der Waals surface area contributed by atoms with Crippen LogP contribution in [0.5, 0.6) is 11.5 Å². The molecule has 0 spiro atoms. The van der Waals surface area contributed by atoms with E-state index in [1.165, 1.54) is 38.5 Å². The number of nitro benzene ring substituents is 1. The van der Waals surface area contributed by atoms with Crippen LogP contribution in [0.15, 0.2) is 116 Å². The monoisotopic (exact) mass is 902 g/mol. The molecule has 4 aromatic rings. The zero-order valence-electron chi connectivity index (χ0n) is 33.7. The number of carboxylic acid groups (broad SMARTS) is 2. The molecule has 0 aromatic heterocycles. The molecule has 63 heavy (non-hydrogen) atoms. The standard InChI is InChI=1S/C38H28N8O13S.3Na/c1-58-31-13-18(3-9-28(31)42-40-20-5-12-30(47)25(15-20)38(51)52)19-4-10-29(32(14-19)59-2)43-45-35-33(60(55,56)57)17-23-22(36(35)48)7-8-26(39)34(23)44-41-27-11-6-21(46(53)54)16-24(27)37(49)50;;;/h3-17,42-43H,39H2,1-2H3,(H,49,50)(H,51,52)(H,55,56,57);;;/q;3*+1/p-3/b40-20-,44-41?,45-35+;;;. The molecule has 2 aliphatic rings. The maximum Gasteiger partial charge on any atom is 1.00 e. The van der Waals surface area contributed by atoms with E-state index in [4.69, 9.17) is 15.2 Å². The van der Waals surface area contributed by atoms with Gasteiger partial charge in [0.05, 0.1) is 64.4 Å². The first kappa shape index (κ1) is 52.0. The van der Waals surface area contributed by atoms with Crippen molar-refractivity contribution >= 4 is 85.2 Å². The summed E-state index contributed by atoms with van der Waals surface area (Å²) in [6.45, 7) is 0. The molecule has 4 N–H and O–H groups in total. The summed E-state index contributed by atoms with van der Waals surface area (Å²) in [5.74, 6) is -4.74. The van der Waals surface area contributed by atoms with Crippen molar-refractivity contribution in [3.05, 3.63) is 122 Å². The molecule has 0 aliphatic heterocycles. The number of carboxylic acids is 2. The fraction of sp³-hybridized carbons (Fsp3) is 0.0526. The smallest absolute Gasteiger partial charge is 0.744 e. The van der Waals surface area contributed by atoms with E-state index < -0.39 is 71.7 Å². The number of hydrogen-bond acceptors (Lipinski definition) is 20. The van der Waals surface area contributed by atoms with Crippen molar-refractivity contribution in [3.8, 4) is 22.6 Å². The number of aromatic carboxylic acids is 1. The number of carbonyl (C=O) groups excluding carboxylic acids is 4. The molecule has 25 heteroatoms. The summed E-state index contributed by atoms with van der Waals surface area (Å²) in [6, 6.07) is 14.7. The van der Waals surface area contributed by atoms with Gasteiger partial charge in [-0.1, -0.05) is 12.1 Å². The summed E-state index contributed by atoms with van der Waals surface area (Å²) in [7, 11) is -2.68. The van der Waals surface area contributed by atoms with E-state index in [9.17, 15) is 52.5 Å². The number of fused-ring (bicyclic) bond motifs is 1. The summed E-state index contributed by atoms with van der Waals surface area (Å²) < 4.78 is 48.6. The molecule has 21 nitrogen and oxygen atoms in total. The molecule has 0 saturated carbocycles. The van der Waals surface area contributed by atoms with Gasteiger partial charge < -0.3 is 39.6 Å². The first-order chi connectivity index (χ1) is 28.5. The van der Waals surface area contributed by atoms with Crippen LogP contribution in [0.25, 0.3) is 17.2 Å². The Morgan fingerprint density at radius 2 is 1.38 bits per heavy atom. The Balaban J connectivity index is 0.00000352. The Morgan fingerprint density at radius 1 is 0.778 bits per heavy atom.